The number of carbonyl (C=O) groups excluding carboxylic acids is 1. The molecule has 1 unspecified atom stereocenters. The summed E-state index contributed by atoms with van der Waals surface area (Å²) < 4.78 is 1.75. The monoisotopic (exact) mass is 366 g/mol. The van der Waals surface area contributed by atoms with E-state index in [4.69, 9.17) is 5.11 Å². The maximum Gasteiger partial charge on any atom is 0.315 e. The summed E-state index contributed by atoms with van der Waals surface area (Å²) in [7, 11) is 0. The number of carboxylic acids is 1. The smallest absolute Gasteiger partial charge is 0.315 e. The average molecular weight is 366 g/mol. The number of hydrogen-bond acceptors (Lipinski definition) is 3. The molecule has 7 nitrogen and oxygen atoms in total. The summed E-state index contributed by atoms with van der Waals surface area (Å²) in [6, 6.07) is 14.9. The Morgan fingerprint density at radius 2 is 1.89 bits per heavy atom. The van der Waals surface area contributed by atoms with Gasteiger partial charge < -0.3 is 15.7 Å². The number of fused-ring (bicyclic) bond motifs is 1. The predicted octanol–water partition coefficient (Wildman–Crippen LogP) is 2.61. The van der Waals surface area contributed by atoms with Crippen molar-refractivity contribution in [3.63, 3.8) is 0 Å². The topological polar surface area (TPSA) is 95.7 Å². The number of carbonyl (C=O) groups is 2. The Morgan fingerprint density at radius 1 is 1.11 bits per heavy atom. The van der Waals surface area contributed by atoms with Crippen LogP contribution in [0, 0.1) is 0 Å². The van der Waals surface area contributed by atoms with Gasteiger partial charge in [-0.25, -0.2) is 9.31 Å². The standard InChI is InChI=1S/C20H22N4O3/c25-19(26)10-9-17(12-15-6-2-1-3-7-15)23-20(27)21-13-16-14-22-24-11-5-4-8-18(16)24/h1-8,11,14,17H,9-10,12-13H2,(H,25,26)(H2,21,23,27). The third-order valence-electron chi connectivity index (χ3n) is 4.31. The van der Waals surface area contributed by atoms with Crippen LogP contribution >= 0.6 is 0 Å². The number of nitrogens with one attached hydrogen (secondary N) is 2. The van der Waals surface area contributed by atoms with Gasteiger partial charge in [0.15, 0.2) is 0 Å². The maximum absolute atomic E-state index is 12.3. The molecule has 3 aromatic rings. The van der Waals surface area contributed by atoms with Gasteiger partial charge in [0.1, 0.15) is 0 Å². The van der Waals surface area contributed by atoms with E-state index in [1.54, 1.807) is 10.7 Å². The van der Waals surface area contributed by atoms with Crippen LogP contribution in [0.25, 0.3) is 5.52 Å². The van der Waals surface area contributed by atoms with E-state index in [-0.39, 0.29) is 18.5 Å². The van der Waals surface area contributed by atoms with Crippen LogP contribution < -0.4 is 10.6 Å². The molecule has 2 aromatic heterocycles. The van der Waals surface area contributed by atoms with E-state index < -0.39 is 5.97 Å². The molecule has 0 saturated carbocycles. The first kappa shape index (κ1) is 18.4. The summed E-state index contributed by atoms with van der Waals surface area (Å²) in [5.41, 5.74) is 2.90. The van der Waals surface area contributed by atoms with Crippen LogP contribution in [0.3, 0.4) is 0 Å². The normalized spacial score (nSPS) is 11.9. The lowest BCUT2D eigenvalue weighted by atomic mass is 10.0. The number of benzene rings is 1. The highest BCUT2D eigenvalue weighted by molar-refractivity contribution is 5.75. The van der Waals surface area contributed by atoms with Gasteiger partial charge in [0.25, 0.3) is 0 Å². The van der Waals surface area contributed by atoms with Crippen LogP contribution in [0.1, 0.15) is 24.0 Å². The highest BCUT2D eigenvalue weighted by atomic mass is 16.4. The molecule has 0 bridgehead atoms. The van der Waals surface area contributed by atoms with Gasteiger partial charge in [-0.1, -0.05) is 36.4 Å². The number of hydrogen-bond donors (Lipinski definition) is 3. The third-order valence-corrected chi connectivity index (χ3v) is 4.31. The van der Waals surface area contributed by atoms with Crippen LogP contribution in [-0.2, 0) is 17.8 Å². The Morgan fingerprint density at radius 3 is 2.67 bits per heavy atom. The minimum atomic E-state index is -0.873. The van der Waals surface area contributed by atoms with Crippen molar-refractivity contribution in [2.75, 3.05) is 0 Å². The number of aromatic nitrogens is 2. The van der Waals surface area contributed by atoms with Gasteiger partial charge in [-0.2, -0.15) is 5.10 Å². The molecule has 27 heavy (non-hydrogen) atoms. The molecule has 2 heterocycles. The molecule has 1 aromatic carbocycles. The number of rotatable bonds is 8. The maximum atomic E-state index is 12.3. The Labute approximate surface area is 157 Å². The molecule has 3 rings (SSSR count). The van der Waals surface area contributed by atoms with Gasteiger partial charge >= 0.3 is 12.0 Å². The molecule has 0 aliphatic rings. The number of nitrogens with zero attached hydrogens (tertiary/aromatic N) is 2. The van der Waals surface area contributed by atoms with Gasteiger partial charge in [0, 0.05) is 30.8 Å². The summed E-state index contributed by atoms with van der Waals surface area (Å²) in [5, 5.41) is 18.9. The summed E-state index contributed by atoms with van der Waals surface area (Å²) in [5.74, 6) is -0.873. The van der Waals surface area contributed by atoms with Crippen molar-refractivity contribution in [3.05, 3.63) is 72.1 Å². The molecule has 0 aliphatic heterocycles. The molecule has 0 fully saturated rings. The van der Waals surface area contributed by atoms with E-state index in [0.29, 0.717) is 19.4 Å². The molecule has 7 heteroatoms. The van der Waals surface area contributed by atoms with Gasteiger partial charge in [0.05, 0.1) is 11.7 Å². The van der Waals surface area contributed by atoms with Crippen molar-refractivity contribution in [1.29, 1.82) is 0 Å². The number of aliphatic carboxylic acids is 1. The van der Waals surface area contributed by atoms with E-state index in [9.17, 15) is 9.59 Å². The summed E-state index contributed by atoms with van der Waals surface area (Å²) in [6.45, 7) is 0.344. The Kier molecular flexibility index (Phi) is 6.04. The van der Waals surface area contributed by atoms with E-state index in [0.717, 1.165) is 16.6 Å². The Balaban J connectivity index is 1.58. The fourth-order valence-electron chi connectivity index (χ4n) is 2.96. The first-order valence-corrected chi connectivity index (χ1v) is 8.83. The minimum absolute atomic E-state index is 0.00578. The van der Waals surface area contributed by atoms with E-state index >= 15 is 0 Å². The molecule has 140 valence electrons. The lowest BCUT2D eigenvalue weighted by Crippen LogP contribution is -2.43. The van der Waals surface area contributed by atoms with Crippen molar-refractivity contribution < 1.29 is 14.7 Å². The van der Waals surface area contributed by atoms with E-state index in [2.05, 4.69) is 15.7 Å². The molecule has 0 spiro atoms. The second kappa shape index (κ2) is 8.84. The van der Waals surface area contributed by atoms with Gasteiger partial charge in [-0.15, -0.1) is 0 Å². The first-order chi connectivity index (χ1) is 13.1. The largest absolute Gasteiger partial charge is 0.481 e. The number of carboxylic acid groups (broad SMARTS) is 1. The number of pyridine rings is 1. The fourth-order valence-corrected chi connectivity index (χ4v) is 2.96. The summed E-state index contributed by atoms with van der Waals surface area (Å²) >= 11 is 0. The van der Waals surface area contributed by atoms with Crippen LogP contribution in [0.5, 0.6) is 0 Å². The number of amides is 2. The fraction of sp³-hybridized carbons (Fsp3) is 0.250. The molecule has 0 saturated heterocycles. The molecular weight excluding hydrogens is 344 g/mol. The predicted molar refractivity (Wildman–Crippen MR) is 101 cm³/mol. The lowest BCUT2D eigenvalue weighted by molar-refractivity contribution is -0.137. The highest BCUT2D eigenvalue weighted by Gasteiger charge is 2.15. The van der Waals surface area contributed by atoms with E-state index in [1.807, 2.05) is 54.7 Å². The quantitative estimate of drug-likeness (QED) is 0.571. The molecule has 2 amide bonds. The zero-order chi connectivity index (χ0) is 19.1. The SMILES string of the molecule is O=C(O)CCC(Cc1ccccc1)NC(=O)NCc1cnn2ccccc12. The average Bonchev–Trinajstić information content (AvgIpc) is 3.08. The van der Waals surface area contributed by atoms with Crippen molar-refractivity contribution in [2.45, 2.75) is 31.8 Å². The van der Waals surface area contributed by atoms with Crippen molar-refractivity contribution in [1.82, 2.24) is 20.2 Å². The first-order valence-electron chi connectivity index (χ1n) is 8.83. The van der Waals surface area contributed by atoms with Crippen LogP contribution in [-0.4, -0.2) is 32.8 Å². The van der Waals surface area contributed by atoms with Crippen molar-refractivity contribution in [2.24, 2.45) is 0 Å². The summed E-state index contributed by atoms with van der Waals surface area (Å²) in [6.07, 6.45) is 4.53. The molecule has 3 N–H and O–H groups in total. The van der Waals surface area contributed by atoms with Crippen LogP contribution in [0.4, 0.5) is 4.79 Å². The molecule has 0 radical (unpaired) electrons. The Hall–Kier alpha value is -3.35. The second-order valence-electron chi connectivity index (χ2n) is 6.35. The van der Waals surface area contributed by atoms with Crippen molar-refractivity contribution >= 4 is 17.5 Å². The zero-order valence-corrected chi connectivity index (χ0v) is 14.8. The minimum Gasteiger partial charge on any atom is -0.481 e. The van der Waals surface area contributed by atoms with Gasteiger partial charge in [0.2, 0.25) is 0 Å². The zero-order valence-electron chi connectivity index (χ0n) is 14.8. The summed E-state index contributed by atoms with van der Waals surface area (Å²) in [4.78, 5) is 23.2. The lowest BCUT2D eigenvalue weighted by Gasteiger charge is -2.18. The number of urea groups is 1. The molecule has 1 atom stereocenters. The van der Waals surface area contributed by atoms with Crippen molar-refractivity contribution in [3.8, 4) is 0 Å². The molecular formula is C20H22N4O3. The van der Waals surface area contributed by atoms with Gasteiger partial charge in [-0.3, -0.25) is 4.79 Å². The van der Waals surface area contributed by atoms with E-state index in [1.165, 1.54) is 0 Å². The van der Waals surface area contributed by atoms with Crippen LogP contribution in [0.15, 0.2) is 60.9 Å². The highest BCUT2D eigenvalue weighted by Crippen LogP contribution is 2.10. The van der Waals surface area contributed by atoms with Gasteiger partial charge in [-0.05, 0) is 30.5 Å². The second-order valence-corrected chi connectivity index (χ2v) is 6.35. The molecule has 0 aliphatic carbocycles. The Bertz CT molecular complexity index is 908. The third kappa shape index (κ3) is 5.31. The van der Waals surface area contributed by atoms with Crippen LogP contribution in [0.2, 0.25) is 0 Å².